The summed E-state index contributed by atoms with van der Waals surface area (Å²) in [5, 5.41) is 2.95. The Morgan fingerprint density at radius 2 is 1.79 bits per heavy atom. The van der Waals surface area contributed by atoms with Gasteiger partial charge < -0.3 is 15.0 Å². The van der Waals surface area contributed by atoms with Crippen LogP contribution in [0.25, 0.3) is 0 Å². The molecule has 28 heavy (non-hydrogen) atoms. The van der Waals surface area contributed by atoms with Crippen molar-refractivity contribution >= 4 is 17.4 Å². The molecule has 0 aliphatic carbocycles. The van der Waals surface area contributed by atoms with Crippen LogP contribution in [0.2, 0.25) is 0 Å². The summed E-state index contributed by atoms with van der Waals surface area (Å²) in [7, 11) is 1.65. The summed E-state index contributed by atoms with van der Waals surface area (Å²) in [6, 6.07) is 21.6. The molecular weight excluding hydrogens is 350 g/mol. The Labute approximate surface area is 166 Å². The number of hydrogen-bond acceptors (Lipinski definition) is 4. The van der Waals surface area contributed by atoms with Gasteiger partial charge in [-0.3, -0.25) is 4.79 Å². The number of methoxy groups -OCH3 is 1. The number of rotatable bonds is 8. The highest BCUT2D eigenvalue weighted by molar-refractivity contribution is 5.94. The molecule has 0 aliphatic heterocycles. The molecule has 2 aromatic carbocycles. The first-order chi connectivity index (χ1) is 13.7. The maximum atomic E-state index is 12.4. The number of ether oxygens (including phenoxy) is 1. The number of anilines is 2. The molecule has 0 spiro atoms. The Hall–Kier alpha value is -3.34. The van der Waals surface area contributed by atoms with Crippen LogP contribution in [0, 0.1) is 0 Å². The fourth-order valence-corrected chi connectivity index (χ4v) is 3.09. The van der Waals surface area contributed by atoms with Crippen molar-refractivity contribution in [1.82, 2.24) is 10.3 Å². The van der Waals surface area contributed by atoms with Gasteiger partial charge in [0, 0.05) is 25.0 Å². The van der Waals surface area contributed by atoms with E-state index in [1.807, 2.05) is 66.7 Å². The molecule has 144 valence electrons. The second kappa shape index (κ2) is 9.55. The standard InChI is InChI=1S/C23H25N3O2/c1-3-26(20-10-5-4-6-11-20)22-14-13-19(17-25-22)23(27)24-16-15-18-9-7-8-12-21(18)28-2/h4-14,17H,3,15-16H2,1-2H3,(H,24,27). The van der Waals surface area contributed by atoms with Crippen molar-refractivity contribution in [2.75, 3.05) is 25.1 Å². The molecule has 0 saturated carbocycles. The summed E-state index contributed by atoms with van der Waals surface area (Å²) >= 11 is 0. The third kappa shape index (κ3) is 4.68. The first-order valence-electron chi connectivity index (χ1n) is 9.41. The van der Waals surface area contributed by atoms with E-state index in [1.165, 1.54) is 0 Å². The number of nitrogens with zero attached hydrogens (tertiary/aromatic N) is 2. The van der Waals surface area contributed by atoms with Crippen molar-refractivity contribution in [3.63, 3.8) is 0 Å². The van der Waals surface area contributed by atoms with Gasteiger partial charge in [0.05, 0.1) is 12.7 Å². The fourth-order valence-electron chi connectivity index (χ4n) is 3.09. The second-order valence-corrected chi connectivity index (χ2v) is 6.30. The molecule has 0 unspecified atom stereocenters. The fraction of sp³-hybridized carbons (Fsp3) is 0.217. The zero-order valence-electron chi connectivity index (χ0n) is 16.3. The number of hydrogen-bond donors (Lipinski definition) is 1. The average molecular weight is 375 g/mol. The number of nitrogens with one attached hydrogen (secondary N) is 1. The topological polar surface area (TPSA) is 54.5 Å². The molecule has 0 radical (unpaired) electrons. The minimum absolute atomic E-state index is 0.128. The van der Waals surface area contributed by atoms with Gasteiger partial charge in [-0.1, -0.05) is 36.4 Å². The first kappa shape index (κ1) is 19.4. The maximum absolute atomic E-state index is 12.4. The molecule has 5 nitrogen and oxygen atoms in total. The molecule has 0 bridgehead atoms. The predicted octanol–water partition coefficient (Wildman–Crippen LogP) is 4.22. The van der Waals surface area contributed by atoms with E-state index in [-0.39, 0.29) is 5.91 Å². The van der Waals surface area contributed by atoms with Crippen LogP contribution in [0.3, 0.4) is 0 Å². The average Bonchev–Trinajstić information content (AvgIpc) is 2.76. The van der Waals surface area contributed by atoms with Gasteiger partial charge in [0.15, 0.2) is 0 Å². The smallest absolute Gasteiger partial charge is 0.252 e. The largest absolute Gasteiger partial charge is 0.496 e. The van der Waals surface area contributed by atoms with Crippen LogP contribution in [-0.4, -0.2) is 31.1 Å². The highest BCUT2D eigenvalue weighted by Gasteiger charge is 2.11. The monoisotopic (exact) mass is 375 g/mol. The molecule has 1 heterocycles. The molecule has 1 amide bonds. The molecule has 5 heteroatoms. The van der Waals surface area contributed by atoms with E-state index >= 15 is 0 Å². The number of carbonyl (C=O) groups excluding carboxylic acids is 1. The molecule has 1 aromatic heterocycles. The molecule has 3 aromatic rings. The van der Waals surface area contributed by atoms with Crippen LogP contribution in [0.15, 0.2) is 72.9 Å². The van der Waals surface area contributed by atoms with Crippen molar-refractivity contribution in [1.29, 1.82) is 0 Å². The summed E-state index contributed by atoms with van der Waals surface area (Å²) in [4.78, 5) is 19.0. The molecule has 3 rings (SSSR count). The summed E-state index contributed by atoms with van der Waals surface area (Å²) < 4.78 is 5.34. The first-order valence-corrected chi connectivity index (χ1v) is 9.41. The summed E-state index contributed by atoms with van der Waals surface area (Å²) in [5.74, 6) is 1.53. The Balaban J connectivity index is 1.60. The minimum Gasteiger partial charge on any atom is -0.496 e. The third-order valence-corrected chi connectivity index (χ3v) is 4.54. The van der Waals surface area contributed by atoms with E-state index in [2.05, 4.69) is 22.1 Å². The van der Waals surface area contributed by atoms with E-state index in [9.17, 15) is 4.79 Å². The summed E-state index contributed by atoms with van der Waals surface area (Å²) in [5.41, 5.74) is 2.69. The third-order valence-electron chi connectivity index (χ3n) is 4.54. The Morgan fingerprint density at radius 3 is 2.46 bits per heavy atom. The summed E-state index contributed by atoms with van der Waals surface area (Å²) in [6.45, 7) is 3.40. The van der Waals surface area contributed by atoms with E-state index < -0.39 is 0 Å². The number of pyridine rings is 1. The van der Waals surface area contributed by atoms with E-state index in [4.69, 9.17) is 4.74 Å². The highest BCUT2D eigenvalue weighted by atomic mass is 16.5. The van der Waals surface area contributed by atoms with Gasteiger partial charge in [-0.15, -0.1) is 0 Å². The number of para-hydroxylation sites is 2. The number of amides is 1. The molecular formula is C23H25N3O2. The lowest BCUT2D eigenvalue weighted by Crippen LogP contribution is -2.26. The van der Waals surface area contributed by atoms with Crippen LogP contribution >= 0.6 is 0 Å². The van der Waals surface area contributed by atoms with E-state index in [0.29, 0.717) is 18.5 Å². The minimum atomic E-state index is -0.128. The number of aromatic nitrogens is 1. The Morgan fingerprint density at radius 1 is 1.04 bits per heavy atom. The second-order valence-electron chi connectivity index (χ2n) is 6.30. The number of benzene rings is 2. The van der Waals surface area contributed by atoms with Crippen LogP contribution in [-0.2, 0) is 6.42 Å². The lowest BCUT2D eigenvalue weighted by molar-refractivity contribution is 0.0953. The van der Waals surface area contributed by atoms with E-state index in [0.717, 1.165) is 29.4 Å². The van der Waals surface area contributed by atoms with Crippen molar-refractivity contribution < 1.29 is 9.53 Å². The zero-order chi connectivity index (χ0) is 19.8. The Bertz CT molecular complexity index is 895. The van der Waals surface area contributed by atoms with Gasteiger partial charge in [0.2, 0.25) is 0 Å². The van der Waals surface area contributed by atoms with E-state index in [1.54, 1.807) is 13.3 Å². The van der Waals surface area contributed by atoms with Gasteiger partial charge in [0.25, 0.3) is 5.91 Å². The quantitative estimate of drug-likeness (QED) is 0.640. The van der Waals surface area contributed by atoms with Crippen molar-refractivity contribution in [2.45, 2.75) is 13.3 Å². The zero-order valence-corrected chi connectivity index (χ0v) is 16.3. The van der Waals surface area contributed by atoms with Crippen LogP contribution in [0.1, 0.15) is 22.8 Å². The van der Waals surface area contributed by atoms with Crippen LogP contribution in [0.4, 0.5) is 11.5 Å². The molecule has 0 aliphatic rings. The van der Waals surface area contributed by atoms with Gasteiger partial charge in [-0.2, -0.15) is 0 Å². The Kier molecular flexibility index (Phi) is 6.63. The van der Waals surface area contributed by atoms with Gasteiger partial charge >= 0.3 is 0 Å². The number of carbonyl (C=O) groups is 1. The lowest BCUT2D eigenvalue weighted by atomic mass is 10.1. The van der Waals surface area contributed by atoms with Crippen molar-refractivity contribution in [2.24, 2.45) is 0 Å². The van der Waals surface area contributed by atoms with Crippen LogP contribution in [0.5, 0.6) is 5.75 Å². The normalized spacial score (nSPS) is 10.4. The summed E-state index contributed by atoms with van der Waals surface area (Å²) in [6.07, 6.45) is 2.33. The van der Waals surface area contributed by atoms with Crippen LogP contribution < -0.4 is 15.0 Å². The highest BCUT2D eigenvalue weighted by Crippen LogP contribution is 2.22. The van der Waals surface area contributed by atoms with Crippen molar-refractivity contribution in [3.05, 3.63) is 84.1 Å². The SMILES string of the molecule is CCN(c1ccccc1)c1ccc(C(=O)NCCc2ccccc2OC)cn1. The molecule has 0 atom stereocenters. The van der Waals surface area contributed by atoms with Gasteiger partial charge in [-0.05, 0) is 49.2 Å². The van der Waals surface area contributed by atoms with Gasteiger partial charge in [0.1, 0.15) is 11.6 Å². The molecule has 1 N–H and O–H groups in total. The molecule has 0 fully saturated rings. The maximum Gasteiger partial charge on any atom is 0.252 e. The van der Waals surface area contributed by atoms with Gasteiger partial charge in [-0.25, -0.2) is 4.98 Å². The predicted molar refractivity (Wildman–Crippen MR) is 112 cm³/mol. The molecule has 0 saturated heterocycles. The lowest BCUT2D eigenvalue weighted by Gasteiger charge is -2.22. The van der Waals surface area contributed by atoms with Crippen molar-refractivity contribution in [3.8, 4) is 5.75 Å².